The lowest BCUT2D eigenvalue weighted by molar-refractivity contribution is 0.170. The second-order valence-corrected chi connectivity index (χ2v) is 3.44. The molecule has 1 aromatic heterocycles. The van der Waals surface area contributed by atoms with Gasteiger partial charge in [-0.1, -0.05) is 0 Å². The number of ether oxygens (including phenoxy) is 2. The van der Waals surface area contributed by atoms with Crippen LogP contribution in [0.2, 0.25) is 0 Å². The molecule has 0 amide bonds. The molecule has 0 bridgehead atoms. The van der Waals surface area contributed by atoms with Gasteiger partial charge >= 0.3 is 0 Å². The number of nitrogens with zero attached hydrogens (tertiary/aromatic N) is 1. The van der Waals surface area contributed by atoms with E-state index in [1.165, 1.54) is 0 Å². The van der Waals surface area contributed by atoms with Gasteiger partial charge in [-0.05, 0) is 13.0 Å². The predicted molar refractivity (Wildman–Crippen MR) is 62.0 cm³/mol. The summed E-state index contributed by atoms with van der Waals surface area (Å²) in [6.07, 6.45) is 0.807. The molecule has 1 heterocycles. The van der Waals surface area contributed by atoms with Crippen LogP contribution in [0.4, 0.5) is 0 Å². The number of nitrogen functional groups attached to an aromatic ring is 1. The molecule has 0 saturated carbocycles. The molecule has 0 aliphatic heterocycles. The SMILES string of the molecule is COCCCOc1cc(C(=N)N)cc(C)n1. The van der Waals surface area contributed by atoms with Gasteiger partial charge in [0.2, 0.25) is 5.88 Å². The second kappa shape index (κ2) is 6.07. The van der Waals surface area contributed by atoms with Gasteiger partial charge in [-0.2, -0.15) is 0 Å². The van der Waals surface area contributed by atoms with E-state index in [0.717, 1.165) is 12.1 Å². The number of rotatable bonds is 6. The summed E-state index contributed by atoms with van der Waals surface area (Å²) < 4.78 is 10.3. The highest BCUT2D eigenvalue weighted by Crippen LogP contribution is 2.12. The molecule has 0 aliphatic rings. The van der Waals surface area contributed by atoms with E-state index in [2.05, 4.69) is 4.98 Å². The number of aryl methyl sites for hydroxylation is 1. The smallest absolute Gasteiger partial charge is 0.214 e. The van der Waals surface area contributed by atoms with Crippen LogP contribution in [-0.2, 0) is 4.74 Å². The van der Waals surface area contributed by atoms with Crippen molar-refractivity contribution in [3.05, 3.63) is 23.4 Å². The standard InChI is InChI=1S/C11H17N3O2/c1-8-6-9(11(12)13)7-10(14-8)16-5-3-4-15-2/h6-7H,3-5H2,1-2H3,(H3,12,13). The zero-order valence-corrected chi connectivity index (χ0v) is 9.62. The molecule has 88 valence electrons. The van der Waals surface area contributed by atoms with Crippen molar-refractivity contribution in [2.75, 3.05) is 20.3 Å². The van der Waals surface area contributed by atoms with E-state index < -0.39 is 0 Å². The highest BCUT2D eigenvalue weighted by Gasteiger charge is 2.03. The van der Waals surface area contributed by atoms with Crippen LogP contribution in [0.3, 0.4) is 0 Å². The number of pyridine rings is 1. The second-order valence-electron chi connectivity index (χ2n) is 3.44. The Balaban J connectivity index is 2.62. The van der Waals surface area contributed by atoms with Crippen molar-refractivity contribution < 1.29 is 9.47 Å². The molecular weight excluding hydrogens is 206 g/mol. The van der Waals surface area contributed by atoms with Gasteiger partial charge in [-0.25, -0.2) is 4.98 Å². The van der Waals surface area contributed by atoms with Gasteiger partial charge in [0, 0.05) is 37.5 Å². The normalized spacial score (nSPS) is 10.1. The summed E-state index contributed by atoms with van der Waals surface area (Å²) in [4.78, 5) is 4.20. The van der Waals surface area contributed by atoms with Crippen molar-refractivity contribution >= 4 is 5.84 Å². The number of nitrogens with one attached hydrogen (secondary N) is 1. The first kappa shape index (κ1) is 12.4. The fourth-order valence-electron chi connectivity index (χ4n) is 1.25. The Hall–Kier alpha value is -1.62. The summed E-state index contributed by atoms with van der Waals surface area (Å²) in [5.41, 5.74) is 6.83. The van der Waals surface area contributed by atoms with Gasteiger partial charge in [-0.3, -0.25) is 5.41 Å². The Morgan fingerprint density at radius 2 is 2.19 bits per heavy atom. The maximum absolute atomic E-state index is 7.35. The minimum atomic E-state index is 0.0206. The van der Waals surface area contributed by atoms with Gasteiger partial charge in [0.05, 0.1) is 6.61 Å². The van der Waals surface area contributed by atoms with Crippen LogP contribution in [0.25, 0.3) is 0 Å². The van der Waals surface area contributed by atoms with Crippen LogP contribution in [0.1, 0.15) is 17.7 Å². The summed E-state index contributed by atoms with van der Waals surface area (Å²) in [5, 5.41) is 7.35. The van der Waals surface area contributed by atoms with Crippen molar-refractivity contribution in [2.24, 2.45) is 5.73 Å². The molecule has 0 radical (unpaired) electrons. The molecule has 1 rings (SSSR count). The third-order valence-electron chi connectivity index (χ3n) is 1.98. The third-order valence-corrected chi connectivity index (χ3v) is 1.98. The van der Waals surface area contributed by atoms with E-state index in [9.17, 15) is 0 Å². The number of hydrogen-bond acceptors (Lipinski definition) is 4. The molecular formula is C11H17N3O2. The third kappa shape index (κ3) is 3.86. The Kier molecular flexibility index (Phi) is 4.72. The minimum absolute atomic E-state index is 0.0206. The summed E-state index contributed by atoms with van der Waals surface area (Å²) in [7, 11) is 1.65. The maximum Gasteiger partial charge on any atom is 0.214 e. The van der Waals surface area contributed by atoms with Crippen molar-refractivity contribution in [1.29, 1.82) is 5.41 Å². The van der Waals surface area contributed by atoms with Crippen LogP contribution in [-0.4, -0.2) is 31.1 Å². The van der Waals surface area contributed by atoms with Gasteiger partial charge in [-0.15, -0.1) is 0 Å². The van der Waals surface area contributed by atoms with Crippen LogP contribution >= 0.6 is 0 Å². The van der Waals surface area contributed by atoms with Crippen molar-refractivity contribution in [1.82, 2.24) is 4.98 Å². The van der Waals surface area contributed by atoms with Gasteiger partial charge < -0.3 is 15.2 Å². The molecule has 0 saturated heterocycles. The lowest BCUT2D eigenvalue weighted by atomic mass is 10.2. The predicted octanol–water partition coefficient (Wildman–Crippen LogP) is 1.09. The van der Waals surface area contributed by atoms with Crippen LogP contribution in [0.15, 0.2) is 12.1 Å². The topological polar surface area (TPSA) is 81.2 Å². The first-order valence-electron chi connectivity index (χ1n) is 5.08. The van der Waals surface area contributed by atoms with Crippen molar-refractivity contribution in [3.63, 3.8) is 0 Å². The van der Waals surface area contributed by atoms with Gasteiger partial charge in [0.15, 0.2) is 0 Å². The van der Waals surface area contributed by atoms with E-state index in [1.807, 2.05) is 6.92 Å². The maximum atomic E-state index is 7.35. The molecule has 1 aromatic rings. The fraction of sp³-hybridized carbons (Fsp3) is 0.455. The van der Waals surface area contributed by atoms with Crippen LogP contribution in [0, 0.1) is 12.3 Å². The summed E-state index contributed by atoms with van der Waals surface area (Å²) >= 11 is 0. The van der Waals surface area contributed by atoms with E-state index in [4.69, 9.17) is 20.6 Å². The van der Waals surface area contributed by atoms with Crippen molar-refractivity contribution in [3.8, 4) is 5.88 Å². The minimum Gasteiger partial charge on any atom is -0.478 e. The van der Waals surface area contributed by atoms with Crippen LogP contribution < -0.4 is 10.5 Å². The van der Waals surface area contributed by atoms with E-state index in [0.29, 0.717) is 24.7 Å². The van der Waals surface area contributed by atoms with Crippen molar-refractivity contribution in [2.45, 2.75) is 13.3 Å². The summed E-state index contributed by atoms with van der Waals surface area (Å²) in [5.74, 6) is 0.522. The zero-order valence-electron chi connectivity index (χ0n) is 9.62. The lowest BCUT2D eigenvalue weighted by Gasteiger charge is -2.07. The molecule has 0 fully saturated rings. The number of methoxy groups -OCH3 is 1. The highest BCUT2D eigenvalue weighted by molar-refractivity contribution is 5.95. The Labute approximate surface area is 95.1 Å². The monoisotopic (exact) mass is 223 g/mol. The summed E-state index contributed by atoms with van der Waals surface area (Å²) in [6, 6.07) is 3.42. The molecule has 5 heteroatoms. The first-order valence-corrected chi connectivity index (χ1v) is 5.08. The van der Waals surface area contributed by atoms with E-state index in [-0.39, 0.29) is 5.84 Å². The Morgan fingerprint density at radius 1 is 1.44 bits per heavy atom. The van der Waals surface area contributed by atoms with Gasteiger partial charge in [0.25, 0.3) is 0 Å². The first-order chi connectivity index (χ1) is 7.63. The molecule has 0 spiro atoms. The number of hydrogen-bond donors (Lipinski definition) is 2. The Morgan fingerprint density at radius 3 is 2.81 bits per heavy atom. The molecule has 0 aromatic carbocycles. The van der Waals surface area contributed by atoms with Gasteiger partial charge in [0.1, 0.15) is 5.84 Å². The molecule has 5 nitrogen and oxygen atoms in total. The molecule has 0 unspecified atom stereocenters. The summed E-state index contributed by atoms with van der Waals surface area (Å²) in [6.45, 7) is 3.04. The largest absolute Gasteiger partial charge is 0.478 e. The zero-order chi connectivity index (χ0) is 12.0. The highest BCUT2D eigenvalue weighted by atomic mass is 16.5. The Bertz CT molecular complexity index is 366. The molecule has 16 heavy (non-hydrogen) atoms. The molecule has 0 atom stereocenters. The molecule has 3 N–H and O–H groups in total. The average Bonchev–Trinajstić information content (AvgIpc) is 2.23. The fourth-order valence-corrected chi connectivity index (χ4v) is 1.25. The quantitative estimate of drug-likeness (QED) is 0.429. The van der Waals surface area contributed by atoms with Crippen LogP contribution in [0.5, 0.6) is 5.88 Å². The van der Waals surface area contributed by atoms with E-state index >= 15 is 0 Å². The van der Waals surface area contributed by atoms with E-state index in [1.54, 1.807) is 19.2 Å². The molecule has 0 aliphatic carbocycles. The average molecular weight is 223 g/mol. The lowest BCUT2D eigenvalue weighted by Crippen LogP contribution is -2.12. The number of nitrogens with two attached hydrogens (primary N) is 1. The number of amidine groups is 1. The number of aromatic nitrogens is 1.